The van der Waals surface area contributed by atoms with E-state index in [-0.39, 0.29) is 5.91 Å². The molecule has 5 aliphatic rings. The molecule has 1 aliphatic heterocycles. The minimum Gasteiger partial charge on any atom is -0.497 e. The largest absolute Gasteiger partial charge is 0.497 e. The number of nitrogens with zero attached hydrogens (tertiary/aromatic N) is 1. The van der Waals surface area contributed by atoms with Gasteiger partial charge in [-0.1, -0.05) is 6.07 Å². The van der Waals surface area contributed by atoms with Gasteiger partial charge in [0, 0.05) is 24.2 Å². The van der Waals surface area contributed by atoms with Crippen LogP contribution in [0, 0.1) is 29.6 Å². The standard InChI is InChI=1S/C25H36N2O2/c1-29-23-4-2-3-22(16-23)26-24(28)6-5-17-7-9-27(10-8-17)25-20-12-18-11-19(14-20)15-21(25)13-18/h2-4,16-21,25H,5-15H2,1H3,(H,26,28). The van der Waals surface area contributed by atoms with Crippen molar-refractivity contribution in [1.29, 1.82) is 0 Å². The lowest BCUT2D eigenvalue weighted by Gasteiger charge is -2.58. The van der Waals surface area contributed by atoms with Crippen molar-refractivity contribution in [1.82, 2.24) is 4.90 Å². The Hall–Kier alpha value is -1.55. The molecule has 0 aromatic heterocycles. The molecule has 1 amide bonds. The summed E-state index contributed by atoms with van der Waals surface area (Å²) < 4.78 is 5.23. The van der Waals surface area contributed by atoms with Gasteiger partial charge < -0.3 is 10.1 Å². The molecule has 4 bridgehead atoms. The molecule has 4 heteroatoms. The highest BCUT2D eigenvalue weighted by molar-refractivity contribution is 5.90. The molecule has 0 atom stereocenters. The summed E-state index contributed by atoms with van der Waals surface area (Å²) in [7, 11) is 1.65. The summed E-state index contributed by atoms with van der Waals surface area (Å²) in [6.45, 7) is 2.52. The third-order valence-electron chi connectivity index (χ3n) is 8.38. The lowest BCUT2D eigenvalue weighted by molar-refractivity contribution is -0.116. The summed E-state index contributed by atoms with van der Waals surface area (Å²) in [4.78, 5) is 15.2. The molecule has 0 radical (unpaired) electrons. The number of benzene rings is 1. The molecule has 0 spiro atoms. The SMILES string of the molecule is COc1cccc(NC(=O)CCC2CCN(C3C4CC5CC(C4)CC3C5)CC2)c1. The fourth-order valence-electron chi connectivity index (χ4n) is 7.29. The zero-order chi connectivity index (χ0) is 19.8. The Bertz CT molecular complexity index is 697. The van der Waals surface area contributed by atoms with Crippen LogP contribution in [0.4, 0.5) is 5.69 Å². The monoisotopic (exact) mass is 396 g/mol. The fourth-order valence-corrected chi connectivity index (χ4v) is 7.29. The third kappa shape index (κ3) is 4.19. The van der Waals surface area contributed by atoms with Crippen LogP contribution in [0.15, 0.2) is 24.3 Å². The van der Waals surface area contributed by atoms with E-state index in [0.29, 0.717) is 12.3 Å². The van der Waals surface area contributed by atoms with Gasteiger partial charge in [-0.05, 0) is 106 Å². The predicted molar refractivity (Wildman–Crippen MR) is 116 cm³/mol. The minimum atomic E-state index is 0.127. The highest BCUT2D eigenvalue weighted by atomic mass is 16.5. The minimum absolute atomic E-state index is 0.127. The molecule has 0 unspecified atom stereocenters. The maximum atomic E-state index is 12.4. The molecule has 29 heavy (non-hydrogen) atoms. The summed E-state index contributed by atoms with van der Waals surface area (Å²) in [5.41, 5.74) is 0.825. The summed E-state index contributed by atoms with van der Waals surface area (Å²) in [6.07, 6.45) is 11.8. The van der Waals surface area contributed by atoms with Crippen molar-refractivity contribution in [2.75, 3.05) is 25.5 Å². The number of rotatable bonds is 6. The van der Waals surface area contributed by atoms with Crippen LogP contribution in [-0.4, -0.2) is 37.0 Å². The number of hydrogen-bond acceptors (Lipinski definition) is 3. The first kappa shape index (κ1) is 19.4. The number of likely N-dealkylation sites (tertiary alicyclic amines) is 1. The Labute approximate surface area is 175 Å². The molecule has 4 aliphatic carbocycles. The van der Waals surface area contributed by atoms with Crippen molar-refractivity contribution in [3.8, 4) is 5.75 Å². The van der Waals surface area contributed by atoms with E-state index >= 15 is 0 Å². The van der Waals surface area contributed by atoms with Crippen molar-refractivity contribution in [2.24, 2.45) is 29.6 Å². The molecule has 1 heterocycles. The lowest BCUT2D eigenvalue weighted by atomic mass is 9.53. The van der Waals surface area contributed by atoms with Crippen LogP contribution in [0.5, 0.6) is 5.75 Å². The second-order valence-electron chi connectivity index (χ2n) is 10.2. The van der Waals surface area contributed by atoms with Gasteiger partial charge in [0.05, 0.1) is 7.11 Å². The third-order valence-corrected chi connectivity index (χ3v) is 8.38. The Morgan fingerprint density at radius 3 is 2.41 bits per heavy atom. The summed E-state index contributed by atoms with van der Waals surface area (Å²) in [6, 6.07) is 8.49. The Morgan fingerprint density at radius 2 is 1.76 bits per heavy atom. The number of carbonyl (C=O) groups excluding carboxylic acids is 1. The van der Waals surface area contributed by atoms with Gasteiger partial charge in [-0.3, -0.25) is 9.69 Å². The van der Waals surface area contributed by atoms with E-state index in [4.69, 9.17) is 4.74 Å². The van der Waals surface area contributed by atoms with Crippen molar-refractivity contribution in [2.45, 2.75) is 63.8 Å². The number of nitrogens with one attached hydrogen (secondary N) is 1. The summed E-state index contributed by atoms with van der Waals surface area (Å²) in [5.74, 6) is 5.73. The second-order valence-corrected chi connectivity index (χ2v) is 10.2. The first-order valence-corrected chi connectivity index (χ1v) is 11.9. The van der Waals surface area contributed by atoms with Gasteiger partial charge >= 0.3 is 0 Å². The maximum Gasteiger partial charge on any atom is 0.224 e. The van der Waals surface area contributed by atoms with E-state index in [1.165, 1.54) is 51.6 Å². The molecule has 1 N–H and O–H groups in total. The average molecular weight is 397 g/mol. The van der Waals surface area contributed by atoms with Gasteiger partial charge in [0.15, 0.2) is 0 Å². The normalized spacial score (nSPS) is 34.3. The van der Waals surface area contributed by atoms with Gasteiger partial charge in [0.25, 0.3) is 0 Å². The van der Waals surface area contributed by atoms with Crippen LogP contribution < -0.4 is 10.1 Å². The number of ether oxygens (including phenoxy) is 1. The second kappa shape index (κ2) is 8.29. The van der Waals surface area contributed by atoms with Crippen molar-refractivity contribution < 1.29 is 9.53 Å². The van der Waals surface area contributed by atoms with Gasteiger partial charge in [-0.2, -0.15) is 0 Å². The highest BCUT2D eigenvalue weighted by Crippen LogP contribution is 2.55. The zero-order valence-corrected chi connectivity index (χ0v) is 17.8. The first-order valence-electron chi connectivity index (χ1n) is 11.9. The van der Waals surface area contributed by atoms with E-state index < -0.39 is 0 Å². The van der Waals surface area contributed by atoms with E-state index in [1.54, 1.807) is 13.5 Å². The molecular weight excluding hydrogens is 360 g/mol. The van der Waals surface area contributed by atoms with Crippen LogP contribution in [0.1, 0.15) is 57.8 Å². The molecule has 1 saturated heterocycles. The summed E-state index contributed by atoms with van der Waals surface area (Å²) >= 11 is 0. The number of hydrogen-bond donors (Lipinski definition) is 1. The van der Waals surface area contributed by atoms with E-state index in [2.05, 4.69) is 10.2 Å². The average Bonchev–Trinajstić information content (AvgIpc) is 2.72. The Morgan fingerprint density at radius 1 is 1.07 bits per heavy atom. The maximum absolute atomic E-state index is 12.4. The first-order chi connectivity index (χ1) is 14.2. The number of carbonyl (C=O) groups is 1. The number of methoxy groups -OCH3 is 1. The number of anilines is 1. The fraction of sp³-hybridized carbons (Fsp3) is 0.720. The van der Waals surface area contributed by atoms with Crippen molar-refractivity contribution >= 4 is 11.6 Å². The van der Waals surface area contributed by atoms with Crippen LogP contribution >= 0.6 is 0 Å². The van der Waals surface area contributed by atoms with Gasteiger partial charge in [0.2, 0.25) is 5.91 Å². The van der Waals surface area contributed by atoms with Gasteiger partial charge in [0.1, 0.15) is 5.75 Å². The summed E-state index contributed by atoms with van der Waals surface area (Å²) in [5, 5.41) is 3.02. The molecule has 1 aromatic carbocycles. The molecule has 1 aromatic rings. The quantitative estimate of drug-likeness (QED) is 0.740. The number of piperidine rings is 1. The lowest BCUT2D eigenvalue weighted by Crippen LogP contribution is -2.57. The van der Waals surface area contributed by atoms with Crippen LogP contribution in [-0.2, 0) is 4.79 Å². The predicted octanol–water partition coefficient (Wildman–Crippen LogP) is 4.95. The van der Waals surface area contributed by atoms with E-state index in [1.807, 2.05) is 24.3 Å². The molecular formula is C25H36N2O2. The van der Waals surface area contributed by atoms with Crippen LogP contribution in [0.25, 0.3) is 0 Å². The van der Waals surface area contributed by atoms with E-state index in [0.717, 1.165) is 47.6 Å². The number of amides is 1. The van der Waals surface area contributed by atoms with Crippen LogP contribution in [0.3, 0.4) is 0 Å². The Balaban J connectivity index is 1.07. The Kier molecular flexibility index (Phi) is 5.55. The van der Waals surface area contributed by atoms with Gasteiger partial charge in [-0.15, -0.1) is 0 Å². The molecule has 5 fully saturated rings. The van der Waals surface area contributed by atoms with Crippen molar-refractivity contribution in [3.63, 3.8) is 0 Å². The van der Waals surface area contributed by atoms with Crippen LogP contribution in [0.2, 0.25) is 0 Å². The molecule has 4 saturated carbocycles. The molecule has 4 nitrogen and oxygen atoms in total. The smallest absolute Gasteiger partial charge is 0.224 e. The van der Waals surface area contributed by atoms with E-state index in [9.17, 15) is 4.79 Å². The highest BCUT2D eigenvalue weighted by Gasteiger charge is 2.50. The topological polar surface area (TPSA) is 41.6 Å². The van der Waals surface area contributed by atoms with Crippen molar-refractivity contribution in [3.05, 3.63) is 24.3 Å². The van der Waals surface area contributed by atoms with Gasteiger partial charge in [-0.25, -0.2) is 0 Å². The molecule has 6 rings (SSSR count). The molecule has 158 valence electrons. The zero-order valence-electron chi connectivity index (χ0n) is 17.8.